The van der Waals surface area contributed by atoms with Gasteiger partial charge in [0, 0.05) is 12.6 Å². The van der Waals surface area contributed by atoms with Gasteiger partial charge in [0.2, 0.25) is 0 Å². The van der Waals surface area contributed by atoms with Crippen LogP contribution in [-0.4, -0.2) is 9.78 Å². The van der Waals surface area contributed by atoms with Gasteiger partial charge >= 0.3 is 0 Å². The van der Waals surface area contributed by atoms with Crippen LogP contribution in [0, 0.1) is 11.8 Å². The van der Waals surface area contributed by atoms with Crippen LogP contribution in [-0.2, 0) is 6.54 Å². The Morgan fingerprint density at radius 3 is 2.71 bits per heavy atom. The molecular weight excluding hydrogens is 308 g/mol. The van der Waals surface area contributed by atoms with Crippen LogP contribution in [0.1, 0.15) is 26.2 Å². The van der Waals surface area contributed by atoms with E-state index in [9.17, 15) is 0 Å². The summed E-state index contributed by atoms with van der Waals surface area (Å²) >= 11 is 6.88. The highest BCUT2D eigenvalue weighted by molar-refractivity contribution is 9.11. The van der Waals surface area contributed by atoms with E-state index in [1.165, 1.54) is 19.3 Å². The van der Waals surface area contributed by atoms with Crippen LogP contribution >= 0.6 is 31.9 Å². The number of aromatic nitrogens is 2. The lowest BCUT2D eigenvalue weighted by Gasteiger charge is -2.31. The van der Waals surface area contributed by atoms with Gasteiger partial charge in [-0.2, -0.15) is 5.10 Å². The molecule has 1 fully saturated rings. The highest BCUT2D eigenvalue weighted by Crippen LogP contribution is 2.34. The summed E-state index contributed by atoms with van der Waals surface area (Å²) in [6.07, 6.45) is 4.22. The molecule has 14 heavy (non-hydrogen) atoms. The normalized spacial score (nSPS) is 19.4. The maximum Gasteiger partial charge on any atom is 0.129 e. The van der Waals surface area contributed by atoms with Crippen molar-refractivity contribution in [3.63, 3.8) is 0 Å². The minimum Gasteiger partial charge on any atom is -0.257 e. The summed E-state index contributed by atoms with van der Waals surface area (Å²) in [5, 5.41) is 4.38. The van der Waals surface area contributed by atoms with Crippen LogP contribution in [0.15, 0.2) is 15.3 Å². The summed E-state index contributed by atoms with van der Waals surface area (Å²) in [5.41, 5.74) is 0. The Balaban J connectivity index is 1.98. The van der Waals surface area contributed by atoms with E-state index in [0.29, 0.717) is 0 Å². The third-order valence-electron chi connectivity index (χ3n) is 3.12. The van der Waals surface area contributed by atoms with E-state index < -0.39 is 0 Å². The zero-order valence-electron chi connectivity index (χ0n) is 8.21. The molecule has 0 N–H and O–H groups in total. The van der Waals surface area contributed by atoms with Gasteiger partial charge in [-0.15, -0.1) is 0 Å². The van der Waals surface area contributed by atoms with Gasteiger partial charge in [0.1, 0.15) is 9.21 Å². The largest absolute Gasteiger partial charge is 0.257 e. The summed E-state index contributed by atoms with van der Waals surface area (Å²) in [7, 11) is 0. The van der Waals surface area contributed by atoms with Crippen LogP contribution in [0.4, 0.5) is 0 Å². The van der Waals surface area contributed by atoms with Crippen molar-refractivity contribution in [3.05, 3.63) is 15.3 Å². The van der Waals surface area contributed by atoms with Gasteiger partial charge < -0.3 is 0 Å². The standard InChI is InChI=1S/C10H14Br2N2/c1-7(8-3-2-4-8)6-14-10(12)5-9(11)13-14/h5,7-8H,2-4,6H2,1H3. The second-order valence-electron chi connectivity index (χ2n) is 4.14. The van der Waals surface area contributed by atoms with E-state index in [4.69, 9.17) is 0 Å². The summed E-state index contributed by atoms with van der Waals surface area (Å²) in [6.45, 7) is 3.35. The first-order valence-corrected chi connectivity index (χ1v) is 6.64. The van der Waals surface area contributed by atoms with E-state index in [0.717, 1.165) is 27.6 Å². The molecule has 0 aromatic carbocycles. The number of rotatable bonds is 3. The van der Waals surface area contributed by atoms with Gasteiger partial charge in [0.05, 0.1) is 0 Å². The van der Waals surface area contributed by atoms with E-state index in [-0.39, 0.29) is 0 Å². The van der Waals surface area contributed by atoms with E-state index >= 15 is 0 Å². The summed E-state index contributed by atoms with van der Waals surface area (Å²) in [6, 6.07) is 1.99. The van der Waals surface area contributed by atoms with Gasteiger partial charge in [-0.05, 0) is 43.7 Å². The van der Waals surface area contributed by atoms with Gasteiger partial charge in [-0.1, -0.05) is 26.2 Å². The lowest BCUT2D eigenvalue weighted by Crippen LogP contribution is -2.24. The minimum absolute atomic E-state index is 0.742. The molecule has 1 heterocycles. The molecule has 4 heteroatoms. The fraction of sp³-hybridized carbons (Fsp3) is 0.700. The molecule has 1 unspecified atom stereocenters. The first-order chi connectivity index (χ1) is 6.66. The minimum atomic E-state index is 0.742. The summed E-state index contributed by atoms with van der Waals surface area (Å²) in [4.78, 5) is 0. The zero-order chi connectivity index (χ0) is 10.1. The van der Waals surface area contributed by atoms with Gasteiger partial charge in [0.15, 0.2) is 0 Å². The van der Waals surface area contributed by atoms with Crippen molar-refractivity contribution in [2.75, 3.05) is 0 Å². The lowest BCUT2D eigenvalue weighted by molar-refractivity contribution is 0.195. The van der Waals surface area contributed by atoms with E-state index in [1.807, 2.05) is 10.7 Å². The molecule has 1 atom stereocenters. The molecule has 2 rings (SSSR count). The Morgan fingerprint density at radius 2 is 2.29 bits per heavy atom. The topological polar surface area (TPSA) is 17.8 Å². The van der Waals surface area contributed by atoms with Crippen molar-refractivity contribution >= 4 is 31.9 Å². The Labute approximate surface area is 101 Å². The van der Waals surface area contributed by atoms with Crippen molar-refractivity contribution in [1.82, 2.24) is 9.78 Å². The van der Waals surface area contributed by atoms with Crippen molar-refractivity contribution in [2.45, 2.75) is 32.7 Å². The Bertz CT molecular complexity index is 318. The molecule has 0 aliphatic heterocycles. The van der Waals surface area contributed by atoms with Crippen LogP contribution in [0.3, 0.4) is 0 Å². The average Bonchev–Trinajstić information content (AvgIpc) is 2.26. The Hall–Kier alpha value is 0.170. The predicted molar refractivity (Wildman–Crippen MR) is 64.1 cm³/mol. The molecule has 1 saturated carbocycles. The van der Waals surface area contributed by atoms with Crippen LogP contribution < -0.4 is 0 Å². The smallest absolute Gasteiger partial charge is 0.129 e. The molecule has 1 aliphatic carbocycles. The third-order valence-corrected chi connectivity index (χ3v) is 4.14. The average molecular weight is 322 g/mol. The second kappa shape index (κ2) is 4.35. The molecule has 0 radical (unpaired) electrons. The first kappa shape index (κ1) is 10.7. The monoisotopic (exact) mass is 320 g/mol. The highest BCUT2D eigenvalue weighted by Gasteiger charge is 2.24. The van der Waals surface area contributed by atoms with Gasteiger partial charge in [-0.3, -0.25) is 4.68 Å². The number of halogens is 2. The van der Waals surface area contributed by atoms with Gasteiger partial charge in [0.25, 0.3) is 0 Å². The maximum atomic E-state index is 4.38. The van der Waals surface area contributed by atoms with E-state index in [2.05, 4.69) is 43.9 Å². The van der Waals surface area contributed by atoms with E-state index in [1.54, 1.807) is 0 Å². The van der Waals surface area contributed by atoms with Crippen molar-refractivity contribution in [2.24, 2.45) is 11.8 Å². The highest BCUT2D eigenvalue weighted by atomic mass is 79.9. The second-order valence-corrected chi connectivity index (χ2v) is 5.77. The number of hydrogen-bond acceptors (Lipinski definition) is 1. The zero-order valence-corrected chi connectivity index (χ0v) is 11.4. The molecular formula is C10H14Br2N2. The van der Waals surface area contributed by atoms with Crippen molar-refractivity contribution < 1.29 is 0 Å². The van der Waals surface area contributed by atoms with Crippen molar-refractivity contribution in [3.8, 4) is 0 Å². The molecule has 0 amide bonds. The molecule has 1 aromatic heterocycles. The lowest BCUT2D eigenvalue weighted by atomic mass is 9.77. The van der Waals surface area contributed by atoms with Crippen LogP contribution in [0.2, 0.25) is 0 Å². The first-order valence-electron chi connectivity index (χ1n) is 5.05. The molecule has 0 bridgehead atoms. The van der Waals surface area contributed by atoms with Crippen LogP contribution in [0.25, 0.3) is 0 Å². The van der Waals surface area contributed by atoms with Crippen molar-refractivity contribution in [1.29, 1.82) is 0 Å². The summed E-state index contributed by atoms with van der Waals surface area (Å²) in [5.74, 6) is 1.66. The number of nitrogens with zero attached hydrogens (tertiary/aromatic N) is 2. The Morgan fingerprint density at radius 1 is 1.57 bits per heavy atom. The quantitative estimate of drug-likeness (QED) is 0.827. The maximum absolute atomic E-state index is 4.38. The fourth-order valence-electron chi connectivity index (χ4n) is 1.92. The predicted octanol–water partition coefficient (Wildman–Crippen LogP) is 3.84. The molecule has 0 spiro atoms. The van der Waals surface area contributed by atoms with Crippen LogP contribution in [0.5, 0.6) is 0 Å². The fourth-order valence-corrected chi connectivity index (χ4v) is 3.08. The van der Waals surface area contributed by atoms with Gasteiger partial charge in [-0.25, -0.2) is 0 Å². The number of hydrogen-bond donors (Lipinski definition) is 0. The molecule has 78 valence electrons. The Kier molecular flexibility index (Phi) is 3.32. The molecule has 1 aromatic rings. The summed E-state index contributed by atoms with van der Waals surface area (Å²) < 4.78 is 4.01. The SMILES string of the molecule is CC(Cn1nc(Br)cc1Br)C1CCC1. The molecule has 1 aliphatic rings. The molecule has 2 nitrogen and oxygen atoms in total. The third kappa shape index (κ3) is 2.22. The molecule has 0 saturated heterocycles.